The van der Waals surface area contributed by atoms with Crippen molar-refractivity contribution in [2.75, 3.05) is 7.05 Å². The molecule has 2 aromatic carbocycles. The summed E-state index contributed by atoms with van der Waals surface area (Å²) >= 11 is 1.58. The number of hydrogen-bond acceptors (Lipinski definition) is 4. The van der Waals surface area contributed by atoms with Crippen LogP contribution in [-0.2, 0) is 17.9 Å². The molecule has 0 aliphatic carbocycles. The first-order valence-corrected chi connectivity index (χ1v) is 9.93. The van der Waals surface area contributed by atoms with Crippen molar-refractivity contribution < 1.29 is 4.79 Å². The SMILES string of the molecule is CC(C)N(C)Cc1ccccc1CNC(=O)/C=C/c1nc2ccccc2s1. The van der Waals surface area contributed by atoms with Crippen LogP contribution in [0.3, 0.4) is 0 Å². The summed E-state index contributed by atoms with van der Waals surface area (Å²) in [4.78, 5) is 19.0. The van der Waals surface area contributed by atoms with E-state index in [1.807, 2.05) is 36.4 Å². The molecule has 1 N–H and O–H groups in total. The van der Waals surface area contributed by atoms with E-state index >= 15 is 0 Å². The number of thiazole rings is 1. The zero-order chi connectivity index (χ0) is 19.2. The molecule has 0 aliphatic heterocycles. The minimum Gasteiger partial charge on any atom is -0.348 e. The topological polar surface area (TPSA) is 45.2 Å². The number of aromatic nitrogens is 1. The van der Waals surface area contributed by atoms with E-state index in [1.165, 1.54) is 5.56 Å². The molecule has 0 spiro atoms. The molecule has 0 aliphatic rings. The van der Waals surface area contributed by atoms with Crippen LogP contribution < -0.4 is 5.32 Å². The van der Waals surface area contributed by atoms with E-state index in [1.54, 1.807) is 23.5 Å². The Kier molecular flexibility index (Phi) is 6.37. The molecule has 0 atom stereocenters. The van der Waals surface area contributed by atoms with Gasteiger partial charge in [0.1, 0.15) is 5.01 Å². The van der Waals surface area contributed by atoms with Crippen molar-refractivity contribution in [3.05, 3.63) is 70.7 Å². The normalized spacial score (nSPS) is 11.7. The number of amides is 1. The Labute approximate surface area is 164 Å². The third-order valence-corrected chi connectivity index (χ3v) is 5.56. The molecule has 5 heteroatoms. The Hall–Kier alpha value is -2.50. The maximum Gasteiger partial charge on any atom is 0.244 e. The van der Waals surface area contributed by atoms with Crippen molar-refractivity contribution in [3.63, 3.8) is 0 Å². The highest BCUT2D eigenvalue weighted by molar-refractivity contribution is 7.19. The van der Waals surface area contributed by atoms with Crippen molar-refractivity contribution in [1.29, 1.82) is 0 Å². The molecule has 4 nitrogen and oxygen atoms in total. The van der Waals surface area contributed by atoms with Crippen molar-refractivity contribution in [3.8, 4) is 0 Å². The summed E-state index contributed by atoms with van der Waals surface area (Å²) in [6, 6.07) is 16.7. The molecular formula is C22H25N3OS. The van der Waals surface area contributed by atoms with Crippen LogP contribution in [0.25, 0.3) is 16.3 Å². The zero-order valence-electron chi connectivity index (χ0n) is 16.0. The number of carbonyl (C=O) groups is 1. The molecule has 1 aromatic heterocycles. The highest BCUT2D eigenvalue weighted by Crippen LogP contribution is 2.22. The minimum absolute atomic E-state index is 0.110. The molecule has 0 radical (unpaired) electrons. The molecule has 0 bridgehead atoms. The van der Waals surface area contributed by atoms with Gasteiger partial charge in [0.2, 0.25) is 5.91 Å². The molecule has 0 unspecified atom stereocenters. The van der Waals surface area contributed by atoms with E-state index in [4.69, 9.17) is 0 Å². The molecule has 1 heterocycles. The van der Waals surface area contributed by atoms with Gasteiger partial charge in [0.25, 0.3) is 0 Å². The van der Waals surface area contributed by atoms with Crippen LogP contribution in [0.5, 0.6) is 0 Å². The highest BCUT2D eigenvalue weighted by Gasteiger charge is 2.08. The van der Waals surface area contributed by atoms with Gasteiger partial charge in [0, 0.05) is 25.2 Å². The third kappa shape index (κ3) is 5.25. The Balaban J connectivity index is 1.60. The van der Waals surface area contributed by atoms with Crippen LogP contribution in [0.15, 0.2) is 54.6 Å². The van der Waals surface area contributed by atoms with Gasteiger partial charge in [-0.05, 0) is 50.2 Å². The van der Waals surface area contributed by atoms with Gasteiger partial charge in [-0.2, -0.15) is 0 Å². The van der Waals surface area contributed by atoms with Gasteiger partial charge in [-0.1, -0.05) is 36.4 Å². The number of nitrogens with one attached hydrogen (secondary N) is 1. The Bertz CT molecular complexity index is 912. The summed E-state index contributed by atoms with van der Waals surface area (Å²) in [5, 5.41) is 3.82. The fraction of sp³-hybridized carbons (Fsp3) is 0.273. The lowest BCUT2D eigenvalue weighted by atomic mass is 10.1. The number of benzene rings is 2. The van der Waals surface area contributed by atoms with Crippen molar-refractivity contribution in [1.82, 2.24) is 15.2 Å². The first-order valence-electron chi connectivity index (χ1n) is 9.11. The summed E-state index contributed by atoms with van der Waals surface area (Å²) in [6.07, 6.45) is 3.33. The van der Waals surface area contributed by atoms with Crippen LogP contribution >= 0.6 is 11.3 Å². The van der Waals surface area contributed by atoms with Gasteiger partial charge in [-0.15, -0.1) is 11.3 Å². The van der Waals surface area contributed by atoms with Gasteiger partial charge in [-0.25, -0.2) is 4.98 Å². The number of nitrogens with zero attached hydrogens (tertiary/aromatic N) is 2. The average Bonchev–Trinajstić information content (AvgIpc) is 3.08. The monoisotopic (exact) mass is 379 g/mol. The molecule has 0 fully saturated rings. The van der Waals surface area contributed by atoms with Crippen LogP contribution in [0, 0.1) is 0 Å². The molecule has 3 aromatic rings. The minimum atomic E-state index is -0.110. The maximum atomic E-state index is 12.2. The molecule has 27 heavy (non-hydrogen) atoms. The fourth-order valence-electron chi connectivity index (χ4n) is 2.69. The van der Waals surface area contributed by atoms with E-state index in [2.05, 4.69) is 48.2 Å². The van der Waals surface area contributed by atoms with Crippen LogP contribution in [-0.4, -0.2) is 28.9 Å². The summed E-state index contributed by atoms with van der Waals surface area (Å²) in [5.74, 6) is -0.110. The van der Waals surface area contributed by atoms with E-state index in [0.29, 0.717) is 12.6 Å². The summed E-state index contributed by atoms with van der Waals surface area (Å²) in [7, 11) is 2.11. The average molecular weight is 380 g/mol. The molecule has 3 rings (SSSR count). The number of rotatable bonds is 7. The van der Waals surface area contributed by atoms with Crippen LogP contribution in [0.1, 0.15) is 30.0 Å². The van der Waals surface area contributed by atoms with E-state index in [0.717, 1.165) is 27.3 Å². The number of hydrogen-bond donors (Lipinski definition) is 1. The molecule has 0 saturated carbocycles. The van der Waals surface area contributed by atoms with Gasteiger partial charge in [0.15, 0.2) is 0 Å². The van der Waals surface area contributed by atoms with E-state index in [9.17, 15) is 4.79 Å². The largest absolute Gasteiger partial charge is 0.348 e. The maximum absolute atomic E-state index is 12.2. The van der Waals surface area contributed by atoms with Crippen molar-refractivity contribution in [2.24, 2.45) is 0 Å². The second-order valence-electron chi connectivity index (χ2n) is 6.85. The Morgan fingerprint density at radius 2 is 1.85 bits per heavy atom. The molecule has 0 saturated heterocycles. The van der Waals surface area contributed by atoms with E-state index in [-0.39, 0.29) is 5.91 Å². The zero-order valence-corrected chi connectivity index (χ0v) is 16.8. The lowest BCUT2D eigenvalue weighted by Crippen LogP contribution is -2.27. The third-order valence-electron chi connectivity index (χ3n) is 4.56. The van der Waals surface area contributed by atoms with Crippen molar-refractivity contribution >= 4 is 33.5 Å². The van der Waals surface area contributed by atoms with Gasteiger partial charge in [-0.3, -0.25) is 9.69 Å². The predicted molar refractivity (Wildman–Crippen MR) is 114 cm³/mol. The Morgan fingerprint density at radius 3 is 2.59 bits per heavy atom. The quantitative estimate of drug-likeness (QED) is 0.616. The number of carbonyl (C=O) groups excluding carboxylic acids is 1. The first-order chi connectivity index (χ1) is 13.0. The lowest BCUT2D eigenvalue weighted by molar-refractivity contribution is -0.116. The van der Waals surface area contributed by atoms with Gasteiger partial charge in [0.05, 0.1) is 10.2 Å². The van der Waals surface area contributed by atoms with E-state index < -0.39 is 0 Å². The smallest absolute Gasteiger partial charge is 0.244 e. The summed E-state index contributed by atoms with van der Waals surface area (Å²) in [6.45, 7) is 5.74. The lowest BCUT2D eigenvalue weighted by Gasteiger charge is -2.22. The van der Waals surface area contributed by atoms with Crippen LogP contribution in [0.2, 0.25) is 0 Å². The molecule has 1 amide bonds. The fourth-order valence-corrected chi connectivity index (χ4v) is 3.56. The van der Waals surface area contributed by atoms with Gasteiger partial charge < -0.3 is 5.32 Å². The Morgan fingerprint density at radius 1 is 1.15 bits per heavy atom. The summed E-state index contributed by atoms with van der Waals surface area (Å²) < 4.78 is 1.13. The summed E-state index contributed by atoms with van der Waals surface area (Å²) in [5.41, 5.74) is 3.35. The second-order valence-corrected chi connectivity index (χ2v) is 7.91. The molecule has 140 valence electrons. The number of para-hydroxylation sites is 1. The van der Waals surface area contributed by atoms with Gasteiger partial charge >= 0.3 is 0 Å². The molecular weight excluding hydrogens is 354 g/mol. The van der Waals surface area contributed by atoms with Crippen LogP contribution in [0.4, 0.5) is 0 Å². The predicted octanol–water partition coefficient (Wildman–Crippen LogP) is 4.47. The standard InChI is InChI=1S/C22H25N3OS/c1-16(2)25(3)15-18-9-5-4-8-17(18)14-23-21(26)12-13-22-24-19-10-6-7-11-20(19)27-22/h4-13,16H,14-15H2,1-3H3,(H,23,26)/b13-12+. The van der Waals surface area contributed by atoms with Crippen molar-refractivity contribution in [2.45, 2.75) is 33.0 Å². The highest BCUT2D eigenvalue weighted by atomic mass is 32.1. The number of fused-ring (bicyclic) bond motifs is 1. The second kappa shape index (κ2) is 8.93. The first kappa shape index (κ1) is 19.3.